The van der Waals surface area contributed by atoms with Crippen molar-refractivity contribution in [1.82, 2.24) is 0 Å². The monoisotopic (exact) mass is 308 g/mol. The Morgan fingerprint density at radius 3 is 2.13 bits per heavy atom. The molecule has 0 saturated heterocycles. The molecule has 0 heterocycles. The molecular formula is C22H28O. The van der Waals surface area contributed by atoms with E-state index < -0.39 is 0 Å². The Hall–Kier alpha value is -1.60. The van der Waals surface area contributed by atoms with Crippen LogP contribution in [0, 0.1) is 17.8 Å². The van der Waals surface area contributed by atoms with E-state index in [0.29, 0.717) is 17.9 Å². The van der Waals surface area contributed by atoms with Gasteiger partial charge < -0.3 is 4.74 Å². The van der Waals surface area contributed by atoms with Gasteiger partial charge in [0.1, 0.15) is 0 Å². The fraction of sp³-hybridized carbons (Fsp3) is 0.455. The summed E-state index contributed by atoms with van der Waals surface area (Å²) in [6.07, 6.45) is 4.07. The van der Waals surface area contributed by atoms with Gasteiger partial charge in [-0.1, -0.05) is 80.9 Å². The molecule has 1 fully saturated rings. The van der Waals surface area contributed by atoms with Gasteiger partial charge in [-0.3, -0.25) is 0 Å². The van der Waals surface area contributed by atoms with E-state index in [9.17, 15) is 0 Å². The predicted octanol–water partition coefficient (Wildman–Crippen LogP) is 5.50. The highest BCUT2D eigenvalue weighted by molar-refractivity contribution is 5.17. The van der Waals surface area contributed by atoms with Crippen LogP contribution in [0.25, 0.3) is 0 Å². The lowest BCUT2D eigenvalue weighted by Gasteiger charge is -2.26. The van der Waals surface area contributed by atoms with Crippen molar-refractivity contribution in [3.63, 3.8) is 0 Å². The van der Waals surface area contributed by atoms with Crippen LogP contribution in [0.3, 0.4) is 0 Å². The van der Waals surface area contributed by atoms with E-state index in [1.807, 2.05) is 0 Å². The molecule has 0 N–H and O–H groups in total. The van der Waals surface area contributed by atoms with Gasteiger partial charge in [-0.2, -0.15) is 0 Å². The quantitative estimate of drug-likeness (QED) is 0.685. The molecule has 0 aromatic heterocycles. The lowest BCUT2D eigenvalue weighted by atomic mass is 9.86. The summed E-state index contributed by atoms with van der Waals surface area (Å²) >= 11 is 0. The number of hydrogen-bond acceptors (Lipinski definition) is 1. The molecule has 1 saturated carbocycles. The van der Waals surface area contributed by atoms with Gasteiger partial charge in [-0.05, 0) is 41.7 Å². The minimum Gasteiger partial charge on any atom is -0.373 e. The molecule has 122 valence electrons. The Bertz CT molecular complexity index is 577. The molecule has 23 heavy (non-hydrogen) atoms. The highest BCUT2D eigenvalue weighted by atomic mass is 16.5. The van der Waals surface area contributed by atoms with E-state index in [2.05, 4.69) is 74.5 Å². The van der Waals surface area contributed by atoms with Crippen molar-refractivity contribution < 1.29 is 4.74 Å². The van der Waals surface area contributed by atoms with Crippen LogP contribution in [0.2, 0.25) is 0 Å². The Labute approximate surface area is 140 Å². The van der Waals surface area contributed by atoms with E-state index in [-0.39, 0.29) is 0 Å². The second-order valence-electron chi connectivity index (χ2n) is 7.00. The van der Waals surface area contributed by atoms with E-state index in [0.717, 1.165) is 18.9 Å². The minimum atomic E-state index is 0.375. The Kier molecular flexibility index (Phi) is 5.51. The van der Waals surface area contributed by atoms with Crippen molar-refractivity contribution in [3.05, 3.63) is 71.8 Å². The van der Waals surface area contributed by atoms with Crippen LogP contribution in [-0.2, 0) is 17.8 Å². The van der Waals surface area contributed by atoms with Crippen LogP contribution in [0.1, 0.15) is 37.8 Å². The number of hydrogen-bond donors (Lipinski definition) is 0. The number of rotatable bonds is 6. The Morgan fingerprint density at radius 2 is 1.52 bits per heavy atom. The number of ether oxygens (including phenoxy) is 1. The summed E-state index contributed by atoms with van der Waals surface area (Å²) in [4.78, 5) is 0. The zero-order chi connectivity index (χ0) is 16.1. The van der Waals surface area contributed by atoms with Gasteiger partial charge in [0.05, 0.1) is 12.7 Å². The first-order valence-electron chi connectivity index (χ1n) is 8.97. The lowest BCUT2D eigenvalue weighted by Crippen LogP contribution is -2.27. The SMILES string of the molecule is CC[C@H]1C[C@@H](C)[C@@H](OCc2ccccc2)[C@@H]1Cc1ccccc1. The molecule has 1 nitrogen and oxygen atoms in total. The average Bonchev–Trinajstić information content (AvgIpc) is 2.90. The maximum absolute atomic E-state index is 6.42. The normalized spacial score (nSPS) is 27.2. The van der Waals surface area contributed by atoms with Gasteiger partial charge in [0, 0.05) is 0 Å². The maximum atomic E-state index is 6.42. The molecule has 0 spiro atoms. The standard InChI is InChI=1S/C22H28O/c1-3-20-14-17(2)22(23-16-19-12-8-5-9-13-19)21(20)15-18-10-6-4-7-11-18/h4-13,17,20-22H,3,14-16H2,1-2H3/t17-,20+,21-,22-/m1/s1. The molecule has 1 heteroatoms. The fourth-order valence-electron chi connectivity index (χ4n) is 4.17. The topological polar surface area (TPSA) is 9.23 Å². The van der Waals surface area contributed by atoms with Crippen LogP contribution in [0.5, 0.6) is 0 Å². The molecule has 0 unspecified atom stereocenters. The third-order valence-corrected chi connectivity index (χ3v) is 5.39. The third kappa shape index (κ3) is 4.03. The van der Waals surface area contributed by atoms with Crippen LogP contribution >= 0.6 is 0 Å². The van der Waals surface area contributed by atoms with E-state index in [1.54, 1.807) is 0 Å². The molecule has 3 rings (SSSR count). The van der Waals surface area contributed by atoms with Crippen LogP contribution in [0.15, 0.2) is 60.7 Å². The van der Waals surface area contributed by atoms with Crippen LogP contribution < -0.4 is 0 Å². The Balaban J connectivity index is 1.70. The molecule has 0 bridgehead atoms. The van der Waals surface area contributed by atoms with Gasteiger partial charge in [-0.15, -0.1) is 0 Å². The van der Waals surface area contributed by atoms with Gasteiger partial charge >= 0.3 is 0 Å². The van der Waals surface area contributed by atoms with Crippen LogP contribution in [0.4, 0.5) is 0 Å². The highest BCUT2D eigenvalue weighted by Crippen LogP contribution is 2.42. The van der Waals surface area contributed by atoms with Crippen molar-refractivity contribution in [2.45, 2.75) is 45.8 Å². The molecule has 1 aliphatic rings. The zero-order valence-corrected chi connectivity index (χ0v) is 14.3. The molecule has 1 aliphatic carbocycles. The summed E-state index contributed by atoms with van der Waals surface area (Å²) in [6, 6.07) is 21.5. The molecule has 0 amide bonds. The summed E-state index contributed by atoms with van der Waals surface area (Å²) in [7, 11) is 0. The first-order chi connectivity index (χ1) is 11.3. The van der Waals surface area contributed by atoms with Crippen molar-refractivity contribution in [2.75, 3.05) is 0 Å². The lowest BCUT2D eigenvalue weighted by molar-refractivity contribution is -0.0122. The molecular weight excluding hydrogens is 280 g/mol. The number of benzene rings is 2. The van der Waals surface area contributed by atoms with Crippen LogP contribution in [-0.4, -0.2) is 6.10 Å². The van der Waals surface area contributed by atoms with Crippen molar-refractivity contribution >= 4 is 0 Å². The summed E-state index contributed by atoms with van der Waals surface area (Å²) < 4.78 is 6.42. The van der Waals surface area contributed by atoms with Crippen molar-refractivity contribution in [3.8, 4) is 0 Å². The minimum absolute atomic E-state index is 0.375. The third-order valence-electron chi connectivity index (χ3n) is 5.39. The van der Waals surface area contributed by atoms with Gasteiger partial charge in [0.15, 0.2) is 0 Å². The first-order valence-corrected chi connectivity index (χ1v) is 8.97. The van der Waals surface area contributed by atoms with Crippen molar-refractivity contribution in [2.24, 2.45) is 17.8 Å². The molecule has 4 atom stereocenters. The second kappa shape index (κ2) is 7.79. The fourth-order valence-corrected chi connectivity index (χ4v) is 4.17. The van der Waals surface area contributed by atoms with Gasteiger partial charge in [-0.25, -0.2) is 0 Å². The maximum Gasteiger partial charge on any atom is 0.0720 e. The second-order valence-corrected chi connectivity index (χ2v) is 7.00. The first kappa shape index (κ1) is 16.3. The average molecular weight is 308 g/mol. The summed E-state index contributed by atoms with van der Waals surface area (Å²) in [6.45, 7) is 5.43. The Morgan fingerprint density at radius 1 is 0.913 bits per heavy atom. The van der Waals surface area contributed by atoms with Gasteiger partial charge in [0.2, 0.25) is 0 Å². The summed E-state index contributed by atoms with van der Waals surface area (Å²) in [5.74, 6) is 2.07. The van der Waals surface area contributed by atoms with E-state index >= 15 is 0 Å². The smallest absolute Gasteiger partial charge is 0.0720 e. The molecule has 2 aromatic rings. The van der Waals surface area contributed by atoms with Crippen molar-refractivity contribution in [1.29, 1.82) is 0 Å². The summed E-state index contributed by atoms with van der Waals surface area (Å²) in [5.41, 5.74) is 2.72. The predicted molar refractivity (Wildman–Crippen MR) is 96.2 cm³/mol. The van der Waals surface area contributed by atoms with E-state index in [4.69, 9.17) is 4.74 Å². The van der Waals surface area contributed by atoms with E-state index in [1.165, 1.54) is 24.0 Å². The molecule has 2 aromatic carbocycles. The molecule has 0 radical (unpaired) electrons. The van der Waals surface area contributed by atoms with Gasteiger partial charge in [0.25, 0.3) is 0 Å². The molecule has 0 aliphatic heterocycles. The summed E-state index contributed by atoms with van der Waals surface area (Å²) in [5, 5.41) is 0. The largest absolute Gasteiger partial charge is 0.373 e. The highest BCUT2D eigenvalue weighted by Gasteiger charge is 2.40. The zero-order valence-electron chi connectivity index (χ0n) is 14.3.